The molecule has 3 aromatic rings. The van der Waals surface area contributed by atoms with Gasteiger partial charge < -0.3 is 15.0 Å². The molecule has 1 atom stereocenters. The van der Waals surface area contributed by atoms with Crippen LogP contribution in [0.5, 0.6) is 5.75 Å². The average molecular weight is 524 g/mol. The van der Waals surface area contributed by atoms with Gasteiger partial charge in [0.2, 0.25) is 11.8 Å². The Kier molecular flexibility index (Phi) is 9.30. The molecule has 0 saturated heterocycles. The zero-order valence-electron chi connectivity index (χ0n) is 21.5. The van der Waals surface area contributed by atoms with Gasteiger partial charge in [0, 0.05) is 13.1 Å². The predicted octanol–water partition coefficient (Wildman–Crippen LogP) is 3.75. The Balaban J connectivity index is 2.02. The average Bonchev–Trinajstić information content (AvgIpc) is 2.90. The summed E-state index contributed by atoms with van der Waals surface area (Å²) in [5.41, 5.74) is 1.96. The van der Waals surface area contributed by atoms with Crippen molar-refractivity contribution in [1.82, 2.24) is 10.2 Å². The molecule has 0 aliphatic heterocycles. The van der Waals surface area contributed by atoms with Crippen LogP contribution in [0.1, 0.15) is 25.0 Å². The molecule has 1 unspecified atom stereocenters. The van der Waals surface area contributed by atoms with E-state index in [1.807, 2.05) is 19.1 Å². The Morgan fingerprint density at radius 3 is 2.32 bits per heavy atom. The van der Waals surface area contributed by atoms with Crippen molar-refractivity contribution >= 4 is 27.5 Å². The number of likely N-dealkylation sites (N-methyl/N-ethyl adjacent to an activating group) is 1. The summed E-state index contributed by atoms with van der Waals surface area (Å²) in [6.45, 7) is 5.30. The molecule has 0 aliphatic carbocycles. The number of nitrogens with zero attached hydrogens (tertiary/aromatic N) is 2. The van der Waals surface area contributed by atoms with Crippen LogP contribution in [0.25, 0.3) is 0 Å². The number of methoxy groups -OCH3 is 1. The molecule has 0 aliphatic rings. The summed E-state index contributed by atoms with van der Waals surface area (Å²) in [6.07, 6.45) is 0. The van der Waals surface area contributed by atoms with Gasteiger partial charge in [0.05, 0.1) is 17.7 Å². The second-order valence-corrected chi connectivity index (χ2v) is 10.5. The first-order valence-corrected chi connectivity index (χ1v) is 13.5. The number of nitrogens with one attached hydrogen (secondary N) is 1. The molecule has 8 nitrogen and oxygen atoms in total. The van der Waals surface area contributed by atoms with Crippen LogP contribution in [0.4, 0.5) is 5.69 Å². The van der Waals surface area contributed by atoms with Gasteiger partial charge in [-0.3, -0.25) is 13.9 Å². The predicted molar refractivity (Wildman–Crippen MR) is 144 cm³/mol. The molecule has 0 fully saturated rings. The second-order valence-electron chi connectivity index (χ2n) is 8.61. The fraction of sp³-hybridized carbons (Fsp3) is 0.286. The fourth-order valence-corrected chi connectivity index (χ4v) is 5.33. The summed E-state index contributed by atoms with van der Waals surface area (Å²) in [5, 5.41) is 2.75. The van der Waals surface area contributed by atoms with Crippen LogP contribution < -0.4 is 14.4 Å². The van der Waals surface area contributed by atoms with Crippen molar-refractivity contribution in [2.75, 3.05) is 24.5 Å². The number of carbonyl (C=O) groups excluding carboxylic acids is 2. The Bertz CT molecular complexity index is 1330. The van der Waals surface area contributed by atoms with Gasteiger partial charge in [-0.15, -0.1) is 0 Å². The number of carbonyl (C=O) groups is 2. The number of hydrogen-bond donors (Lipinski definition) is 1. The highest BCUT2D eigenvalue weighted by molar-refractivity contribution is 7.92. The summed E-state index contributed by atoms with van der Waals surface area (Å²) in [5.74, 6) is -0.224. The fourth-order valence-electron chi connectivity index (χ4n) is 3.90. The lowest BCUT2D eigenvalue weighted by atomic mass is 10.1. The summed E-state index contributed by atoms with van der Waals surface area (Å²) in [6, 6.07) is 21.3. The van der Waals surface area contributed by atoms with Crippen LogP contribution in [0.15, 0.2) is 83.8 Å². The van der Waals surface area contributed by atoms with E-state index in [9.17, 15) is 18.0 Å². The summed E-state index contributed by atoms with van der Waals surface area (Å²) in [4.78, 5) is 28.0. The first-order chi connectivity index (χ1) is 17.7. The molecular formula is C28H33N3O5S. The summed E-state index contributed by atoms with van der Waals surface area (Å²) >= 11 is 0. The van der Waals surface area contributed by atoms with Gasteiger partial charge in [0.1, 0.15) is 18.3 Å². The number of aryl methyl sites for hydroxylation is 1. The van der Waals surface area contributed by atoms with E-state index in [0.717, 1.165) is 15.4 Å². The maximum Gasteiger partial charge on any atom is 0.264 e. The van der Waals surface area contributed by atoms with Crippen molar-refractivity contribution in [3.63, 3.8) is 0 Å². The molecule has 0 heterocycles. The Morgan fingerprint density at radius 2 is 1.68 bits per heavy atom. The Labute approximate surface area is 218 Å². The molecule has 0 spiro atoms. The first-order valence-electron chi connectivity index (χ1n) is 12.0. The van der Waals surface area contributed by atoms with Crippen LogP contribution in [0.3, 0.4) is 0 Å². The number of benzene rings is 3. The lowest BCUT2D eigenvalue weighted by molar-refractivity contribution is -0.139. The highest BCUT2D eigenvalue weighted by Gasteiger charge is 2.32. The van der Waals surface area contributed by atoms with Crippen molar-refractivity contribution in [1.29, 1.82) is 0 Å². The monoisotopic (exact) mass is 523 g/mol. The smallest absolute Gasteiger partial charge is 0.264 e. The van der Waals surface area contributed by atoms with Crippen molar-refractivity contribution in [3.05, 3.63) is 90.0 Å². The van der Waals surface area contributed by atoms with Crippen molar-refractivity contribution < 1.29 is 22.7 Å². The van der Waals surface area contributed by atoms with E-state index < -0.39 is 28.5 Å². The SMILES string of the molecule is CCNC(=O)C(C)N(Cc1cccc(OC)c1)C(=O)CN(c1cccc(C)c1)S(=O)(=O)c1ccccc1. The molecule has 3 rings (SSSR count). The van der Waals surface area contributed by atoms with E-state index in [-0.39, 0.29) is 17.3 Å². The number of hydrogen-bond acceptors (Lipinski definition) is 5. The normalized spacial score (nSPS) is 11.9. The number of sulfonamides is 1. The second kappa shape index (κ2) is 12.4. The zero-order valence-corrected chi connectivity index (χ0v) is 22.4. The van der Waals surface area contributed by atoms with Gasteiger partial charge in [-0.1, -0.05) is 42.5 Å². The molecule has 9 heteroatoms. The maximum absolute atomic E-state index is 13.8. The van der Waals surface area contributed by atoms with E-state index in [1.54, 1.807) is 75.6 Å². The van der Waals surface area contributed by atoms with E-state index >= 15 is 0 Å². The highest BCUT2D eigenvalue weighted by Crippen LogP contribution is 2.25. The molecule has 196 valence electrons. The van der Waals surface area contributed by atoms with Crippen LogP contribution in [0.2, 0.25) is 0 Å². The Morgan fingerprint density at radius 1 is 0.973 bits per heavy atom. The first kappa shape index (κ1) is 27.7. The third-order valence-electron chi connectivity index (χ3n) is 5.91. The third kappa shape index (κ3) is 6.89. The lowest BCUT2D eigenvalue weighted by Crippen LogP contribution is -2.51. The van der Waals surface area contributed by atoms with Crippen LogP contribution >= 0.6 is 0 Å². The van der Waals surface area contributed by atoms with Crippen LogP contribution in [-0.4, -0.2) is 51.4 Å². The molecule has 0 radical (unpaired) electrons. The van der Waals surface area contributed by atoms with Gasteiger partial charge in [0.15, 0.2) is 0 Å². The number of anilines is 1. The third-order valence-corrected chi connectivity index (χ3v) is 7.69. The van der Waals surface area contributed by atoms with E-state index in [2.05, 4.69) is 5.32 Å². The maximum atomic E-state index is 13.8. The minimum Gasteiger partial charge on any atom is -0.497 e. The van der Waals surface area contributed by atoms with Gasteiger partial charge in [-0.2, -0.15) is 0 Å². The standard InChI is InChI=1S/C28H33N3O5S/c1-5-29-28(33)22(3)30(19-23-12-10-14-25(18-23)36-4)27(32)20-31(24-13-9-11-21(2)17-24)37(34,35)26-15-7-6-8-16-26/h6-18,22H,5,19-20H2,1-4H3,(H,29,33). The molecule has 0 aromatic heterocycles. The van der Waals surface area contributed by atoms with Gasteiger partial charge in [-0.05, 0) is 68.3 Å². The topological polar surface area (TPSA) is 96.0 Å². The molecular weight excluding hydrogens is 490 g/mol. The van der Waals surface area contributed by atoms with Crippen molar-refractivity contribution in [3.8, 4) is 5.75 Å². The largest absolute Gasteiger partial charge is 0.497 e. The van der Waals surface area contributed by atoms with Gasteiger partial charge >= 0.3 is 0 Å². The van der Waals surface area contributed by atoms with E-state index in [0.29, 0.717) is 18.0 Å². The van der Waals surface area contributed by atoms with Gasteiger partial charge in [0.25, 0.3) is 10.0 Å². The molecule has 1 N–H and O–H groups in total. The van der Waals surface area contributed by atoms with Crippen molar-refractivity contribution in [2.45, 2.75) is 38.3 Å². The van der Waals surface area contributed by atoms with Gasteiger partial charge in [-0.25, -0.2) is 8.42 Å². The summed E-state index contributed by atoms with van der Waals surface area (Å²) < 4.78 is 33.8. The summed E-state index contributed by atoms with van der Waals surface area (Å²) in [7, 11) is -2.52. The quantitative estimate of drug-likeness (QED) is 0.413. The zero-order chi connectivity index (χ0) is 27.0. The van der Waals surface area contributed by atoms with Crippen molar-refractivity contribution in [2.24, 2.45) is 0 Å². The number of amides is 2. The van der Waals surface area contributed by atoms with E-state index in [1.165, 1.54) is 17.0 Å². The van der Waals surface area contributed by atoms with Crippen LogP contribution in [-0.2, 0) is 26.2 Å². The minimum atomic E-state index is -4.07. The number of rotatable bonds is 11. The molecule has 37 heavy (non-hydrogen) atoms. The van der Waals surface area contributed by atoms with E-state index in [4.69, 9.17) is 4.74 Å². The molecule has 3 aromatic carbocycles. The molecule has 0 bridgehead atoms. The van der Waals surface area contributed by atoms with Crippen LogP contribution in [0, 0.1) is 6.92 Å². The lowest BCUT2D eigenvalue weighted by Gasteiger charge is -2.32. The minimum absolute atomic E-state index is 0.0698. The Hall–Kier alpha value is -3.85. The highest BCUT2D eigenvalue weighted by atomic mass is 32.2. The molecule has 0 saturated carbocycles. The number of ether oxygens (including phenoxy) is 1. The molecule has 2 amide bonds.